The molecule has 0 bridgehead atoms. The molecular weight excluding hydrogens is 244 g/mol. The highest BCUT2D eigenvalue weighted by atomic mass is 16.5. The van der Waals surface area contributed by atoms with E-state index in [0.29, 0.717) is 6.54 Å². The van der Waals surface area contributed by atoms with Crippen LogP contribution in [0.3, 0.4) is 0 Å². The predicted octanol–water partition coefficient (Wildman–Crippen LogP) is 0.997. The van der Waals surface area contributed by atoms with Crippen molar-refractivity contribution in [2.24, 2.45) is 0 Å². The van der Waals surface area contributed by atoms with Gasteiger partial charge in [0.15, 0.2) is 5.69 Å². The zero-order valence-electron chi connectivity index (χ0n) is 10.5. The van der Waals surface area contributed by atoms with E-state index in [0.717, 1.165) is 11.3 Å². The molecule has 0 radical (unpaired) electrons. The molecule has 6 heteroatoms. The smallest absolute Gasteiger partial charge is 0.272 e. The Kier molecular flexibility index (Phi) is 3.92. The number of amides is 1. The largest absolute Gasteiger partial charge is 0.497 e. The number of methoxy groups -OCH3 is 1. The SMILES string of the molecule is COc1ccc(CNC(=O)c2ccc(N)nn2)cc1. The van der Waals surface area contributed by atoms with Gasteiger partial charge in [0.25, 0.3) is 5.91 Å². The number of carbonyl (C=O) groups is 1. The average molecular weight is 258 g/mol. The van der Waals surface area contributed by atoms with Crippen LogP contribution in [-0.2, 0) is 6.54 Å². The Morgan fingerprint density at radius 2 is 1.95 bits per heavy atom. The van der Waals surface area contributed by atoms with Gasteiger partial charge in [0.2, 0.25) is 0 Å². The number of nitrogens with one attached hydrogen (secondary N) is 1. The van der Waals surface area contributed by atoms with Gasteiger partial charge in [-0.25, -0.2) is 0 Å². The van der Waals surface area contributed by atoms with Crippen molar-refractivity contribution >= 4 is 11.7 Å². The van der Waals surface area contributed by atoms with Crippen molar-refractivity contribution in [2.45, 2.75) is 6.54 Å². The van der Waals surface area contributed by atoms with Crippen molar-refractivity contribution in [3.05, 3.63) is 47.7 Å². The third-order valence-electron chi connectivity index (χ3n) is 2.53. The van der Waals surface area contributed by atoms with Gasteiger partial charge in [0, 0.05) is 6.54 Å². The highest BCUT2D eigenvalue weighted by Crippen LogP contribution is 2.11. The molecule has 0 atom stereocenters. The van der Waals surface area contributed by atoms with Crippen LogP contribution in [0.2, 0.25) is 0 Å². The van der Waals surface area contributed by atoms with E-state index in [1.807, 2.05) is 24.3 Å². The topological polar surface area (TPSA) is 90.1 Å². The summed E-state index contributed by atoms with van der Waals surface area (Å²) in [6.07, 6.45) is 0. The lowest BCUT2D eigenvalue weighted by molar-refractivity contribution is 0.0945. The molecule has 98 valence electrons. The first-order valence-corrected chi connectivity index (χ1v) is 5.69. The molecule has 3 N–H and O–H groups in total. The monoisotopic (exact) mass is 258 g/mol. The van der Waals surface area contributed by atoms with E-state index >= 15 is 0 Å². The molecule has 0 aliphatic rings. The first-order valence-electron chi connectivity index (χ1n) is 5.69. The molecule has 6 nitrogen and oxygen atoms in total. The fraction of sp³-hybridized carbons (Fsp3) is 0.154. The highest BCUT2D eigenvalue weighted by Gasteiger charge is 2.07. The quantitative estimate of drug-likeness (QED) is 0.853. The van der Waals surface area contributed by atoms with Crippen molar-refractivity contribution in [1.82, 2.24) is 15.5 Å². The normalized spacial score (nSPS) is 9.95. The highest BCUT2D eigenvalue weighted by molar-refractivity contribution is 5.92. The van der Waals surface area contributed by atoms with E-state index in [2.05, 4.69) is 15.5 Å². The van der Waals surface area contributed by atoms with Gasteiger partial charge in [-0.2, -0.15) is 0 Å². The molecule has 0 saturated carbocycles. The van der Waals surface area contributed by atoms with Crippen molar-refractivity contribution in [3.63, 3.8) is 0 Å². The van der Waals surface area contributed by atoms with Crippen LogP contribution in [0.1, 0.15) is 16.1 Å². The summed E-state index contributed by atoms with van der Waals surface area (Å²) < 4.78 is 5.06. The number of hydrogen-bond donors (Lipinski definition) is 2. The van der Waals surface area contributed by atoms with Crippen molar-refractivity contribution in [3.8, 4) is 5.75 Å². The second-order valence-corrected chi connectivity index (χ2v) is 3.87. The van der Waals surface area contributed by atoms with E-state index in [-0.39, 0.29) is 17.4 Å². The maximum Gasteiger partial charge on any atom is 0.272 e. The molecule has 19 heavy (non-hydrogen) atoms. The maximum atomic E-state index is 11.8. The van der Waals surface area contributed by atoms with E-state index in [1.165, 1.54) is 12.1 Å². The summed E-state index contributed by atoms with van der Waals surface area (Å²) in [4.78, 5) is 11.8. The van der Waals surface area contributed by atoms with Crippen LogP contribution in [-0.4, -0.2) is 23.2 Å². The molecule has 2 aromatic rings. The Bertz CT molecular complexity index is 552. The molecule has 1 aromatic heterocycles. The summed E-state index contributed by atoms with van der Waals surface area (Å²) in [6, 6.07) is 10.5. The van der Waals surface area contributed by atoms with Crippen LogP contribution in [0.5, 0.6) is 5.75 Å². The number of anilines is 1. The van der Waals surface area contributed by atoms with E-state index in [9.17, 15) is 4.79 Å². The van der Waals surface area contributed by atoms with Gasteiger partial charge in [0.1, 0.15) is 11.6 Å². The Morgan fingerprint density at radius 1 is 1.21 bits per heavy atom. The molecule has 0 unspecified atom stereocenters. The van der Waals surface area contributed by atoms with Gasteiger partial charge in [-0.05, 0) is 29.8 Å². The van der Waals surface area contributed by atoms with Gasteiger partial charge >= 0.3 is 0 Å². The molecule has 0 aliphatic heterocycles. The first-order chi connectivity index (χ1) is 9.19. The van der Waals surface area contributed by atoms with Crippen LogP contribution in [0.4, 0.5) is 5.82 Å². The van der Waals surface area contributed by atoms with E-state index in [4.69, 9.17) is 10.5 Å². The first kappa shape index (κ1) is 12.8. The summed E-state index contributed by atoms with van der Waals surface area (Å²) in [5.74, 6) is 0.773. The fourth-order valence-corrected chi connectivity index (χ4v) is 1.48. The van der Waals surface area contributed by atoms with Crippen LogP contribution in [0.25, 0.3) is 0 Å². The number of carbonyl (C=O) groups excluding carboxylic acids is 1. The predicted molar refractivity (Wildman–Crippen MR) is 70.6 cm³/mol. The van der Waals surface area contributed by atoms with Crippen molar-refractivity contribution < 1.29 is 9.53 Å². The summed E-state index contributed by atoms with van der Waals surface area (Å²) >= 11 is 0. The standard InChI is InChI=1S/C13H14N4O2/c1-19-10-4-2-9(3-5-10)8-15-13(18)11-6-7-12(14)17-16-11/h2-7H,8H2,1H3,(H2,14,17)(H,15,18). The van der Waals surface area contributed by atoms with Crippen LogP contribution >= 0.6 is 0 Å². The minimum Gasteiger partial charge on any atom is -0.497 e. The van der Waals surface area contributed by atoms with Gasteiger partial charge in [-0.15, -0.1) is 10.2 Å². The molecule has 1 heterocycles. The molecule has 2 rings (SSSR count). The number of aromatic nitrogens is 2. The Hall–Kier alpha value is -2.63. The van der Waals surface area contributed by atoms with Crippen LogP contribution in [0.15, 0.2) is 36.4 Å². The second kappa shape index (κ2) is 5.81. The number of nitrogens with two attached hydrogens (primary N) is 1. The van der Waals surface area contributed by atoms with Crippen molar-refractivity contribution in [1.29, 1.82) is 0 Å². The Labute approximate surface area is 110 Å². The fourth-order valence-electron chi connectivity index (χ4n) is 1.48. The molecule has 0 fully saturated rings. The minimum absolute atomic E-state index is 0.239. The molecule has 0 saturated heterocycles. The van der Waals surface area contributed by atoms with Crippen molar-refractivity contribution in [2.75, 3.05) is 12.8 Å². The minimum atomic E-state index is -0.289. The second-order valence-electron chi connectivity index (χ2n) is 3.87. The number of hydrogen-bond acceptors (Lipinski definition) is 5. The summed E-state index contributed by atoms with van der Waals surface area (Å²) in [5, 5.41) is 10.1. The third-order valence-corrected chi connectivity index (χ3v) is 2.53. The Balaban J connectivity index is 1.94. The summed E-state index contributed by atoms with van der Waals surface area (Å²) in [7, 11) is 1.61. The summed E-state index contributed by atoms with van der Waals surface area (Å²) in [6.45, 7) is 0.412. The van der Waals surface area contributed by atoms with E-state index < -0.39 is 0 Å². The third kappa shape index (κ3) is 3.41. The molecule has 0 spiro atoms. The number of nitrogen functional groups attached to an aromatic ring is 1. The summed E-state index contributed by atoms with van der Waals surface area (Å²) in [5.41, 5.74) is 6.61. The lowest BCUT2D eigenvalue weighted by Gasteiger charge is -2.05. The number of ether oxygens (including phenoxy) is 1. The Morgan fingerprint density at radius 3 is 2.53 bits per heavy atom. The average Bonchev–Trinajstić information content (AvgIpc) is 2.46. The van der Waals surface area contributed by atoms with Gasteiger partial charge in [-0.3, -0.25) is 4.79 Å². The zero-order chi connectivity index (χ0) is 13.7. The number of rotatable bonds is 4. The van der Waals surface area contributed by atoms with E-state index in [1.54, 1.807) is 7.11 Å². The number of benzene rings is 1. The van der Waals surface area contributed by atoms with Gasteiger partial charge < -0.3 is 15.8 Å². The molecule has 1 amide bonds. The zero-order valence-corrected chi connectivity index (χ0v) is 10.5. The molecule has 0 aliphatic carbocycles. The van der Waals surface area contributed by atoms with Gasteiger partial charge in [0.05, 0.1) is 7.11 Å². The lowest BCUT2D eigenvalue weighted by Crippen LogP contribution is -2.24. The lowest BCUT2D eigenvalue weighted by atomic mass is 10.2. The van der Waals surface area contributed by atoms with Gasteiger partial charge in [-0.1, -0.05) is 12.1 Å². The number of nitrogens with zero attached hydrogens (tertiary/aromatic N) is 2. The molecular formula is C13H14N4O2. The molecule has 1 aromatic carbocycles. The maximum absolute atomic E-state index is 11.8. The van der Waals surface area contributed by atoms with Crippen LogP contribution in [0, 0.1) is 0 Å². The van der Waals surface area contributed by atoms with Crippen LogP contribution < -0.4 is 15.8 Å².